The SMILES string of the molecule is CCO[C@H]1C[C@H]2[C@H](n3cc(C)c(=O)[nH]c3=O)O[C@H](CO)[C@]23C[C@@H](OCC)ON3O1. The smallest absolute Gasteiger partial charge is 0.330 e. The first kappa shape index (κ1) is 20.7. The van der Waals surface area contributed by atoms with Crippen LogP contribution >= 0.6 is 0 Å². The second-order valence-corrected chi connectivity index (χ2v) is 7.45. The van der Waals surface area contributed by atoms with Gasteiger partial charge in [-0.3, -0.25) is 14.3 Å². The highest BCUT2D eigenvalue weighted by Gasteiger charge is 2.69. The van der Waals surface area contributed by atoms with E-state index >= 15 is 0 Å². The fourth-order valence-corrected chi connectivity index (χ4v) is 4.58. The number of aromatic nitrogens is 2. The molecule has 0 unspecified atom stereocenters. The molecule has 1 aromatic rings. The molecule has 0 aromatic carbocycles. The Kier molecular flexibility index (Phi) is 5.64. The van der Waals surface area contributed by atoms with Crippen LogP contribution in [0.4, 0.5) is 0 Å². The van der Waals surface area contributed by atoms with Crippen LogP contribution < -0.4 is 11.2 Å². The number of hydroxylamine groups is 2. The van der Waals surface area contributed by atoms with Crippen molar-refractivity contribution in [1.82, 2.24) is 14.8 Å². The number of rotatable bonds is 6. The Morgan fingerprint density at radius 2 is 1.93 bits per heavy atom. The van der Waals surface area contributed by atoms with Crippen LogP contribution in [0, 0.1) is 12.8 Å². The van der Waals surface area contributed by atoms with Crippen molar-refractivity contribution in [2.45, 2.75) is 64.1 Å². The number of ether oxygens (including phenoxy) is 3. The molecule has 4 rings (SSSR count). The van der Waals surface area contributed by atoms with E-state index in [0.717, 1.165) is 0 Å². The molecule has 2 N–H and O–H groups in total. The van der Waals surface area contributed by atoms with Gasteiger partial charge in [-0.15, -0.1) is 0 Å². The van der Waals surface area contributed by atoms with E-state index in [-0.39, 0.29) is 12.5 Å². The minimum Gasteiger partial charge on any atom is -0.394 e. The van der Waals surface area contributed by atoms with Crippen molar-refractivity contribution in [1.29, 1.82) is 0 Å². The van der Waals surface area contributed by atoms with E-state index in [1.54, 1.807) is 6.92 Å². The van der Waals surface area contributed by atoms with Crippen LogP contribution in [0.5, 0.6) is 0 Å². The minimum absolute atomic E-state index is 0.300. The Hall–Kier alpha value is -1.60. The quantitative estimate of drug-likeness (QED) is 0.652. The summed E-state index contributed by atoms with van der Waals surface area (Å²) in [5.74, 6) is -0.321. The van der Waals surface area contributed by atoms with E-state index in [9.17, 15) is 14.7 Å². The molecule has 3 fully saturated rings. The number of aryl methyl sites for hydroxylation is 1. The van der Waals surface area contributed by atoms with Crippen LogP contribution in [0.3, 0.4) is 0 Å². The van der Waals surface area contributed by atoms with E-state index in [1.807, 2.05) is 13.8 Å². The molecule has 1 aromatic heterocycles. The van der Waals surface area contributed by atoms with Gasteiger partial charge in [0.25, 0.3) is 5.56 Å². The number of hydrogen-bond acceptors (Lipinski definition) is 9. The fourth-order valence-electron chi connectivity index (χ4n) is 4.58. The molecule has 3 aliphatic rings. The maximum absolute atomic E-state index is 12.5. The van der Waals surface area contributed by atoms with E-state index in [4.69, 9.17) is 23.9 Å². The predicted molar refractivity (Wildman–Crippen MR) is 97.3 cm³/mol. The third-order valence-corrected chi connectivity index (χ3v) is 5.85. The Balaban J connectivity index is 1.77. The highest BCUT2D eigenvalue weighted by Crippen LogP contribution is 2.56. The number of hydrogen-bond donors (Lipinski definition) is 2. The summed E-state index contributed by atoms with van der Waals surface area (Å²) in [6.45, 7) is 5.91. The lowest BCUT2D eigenvalue weighted by Crippen LogP contribution is -2.60. The third kappa shape index (κ3) is 3.26. The van der Waals surface area contributed by atoms with E-state index in [2.05, 4.69) is 4.98 Å². The Morgan fingerprint density at radius 1 is 1.24 bits per heavy atom. The fraction of sp³-hybridized carbons (Fsp3) is 0.778. The van der Waals surface area contributed by atoms with Gasteiger partial charge in [0.1, 0.15) is 17.9 Å². The van der Waals surface area contributed by atoms with Gasteiger partial charge in [-0.05, 0) is 20.8 Å². The zero-order valence-electron chi connectivity index (χ0n) is 16.7. The van der Waals surface area contributed by atoms with E-state index in [1.165, 1.54) is 16.0 Å². The number of aromatic amines is 1. The van der Waals surface area contributed by atoms with Gasteiger partial charge in [-0.1, -0.05) is 5.23 Å². The number of nitrogens with one attached hydrogen (secondary N) is 1. The summed E-state index contributed by atoms with van der Waals surface area (Å²) in [5.41, 5.74) is -1.50. The summed E-state index contributed by atoms with van der Waals surface area (Å²) in [7, 11) is 0. The lowest BCUT2D eigenvalue weighted by molar-refractivity contribution is -0.474. The summed E-state index contributed by atoms with van der Waals surface area (Å²) in [5, 5.41) is 11.4. The molecule has 1 spiro atoms. The summed E-state index contributed by atoms with van der Waals surface area (Å²) >= 11 is 0. The second kappa shape index (κ2) is 7.91. The molecule has 0 radical (unpaired) electrons. The van der Waals surface area contributed by atoms with Crippen molar-refractivity contribution in [3.05, 3.63) is 32.6 Å². The summed E-state index contributed by atoms with van der Waals surface area (Å²) in [4.78, 5) is 38.4. The lowest BCUT2D eigenvalue weighted by Gasteiger charge is -2.45. The van der Waals surface area contributed by atoms with Gasteiger partial charge in [-0.2, -0.15) is 0 Å². The van der Waals surface area contributed by atoms with Gasteiger partial charge in [0.2, 0.25) is 0 Å². The van der Waals surface area contributed by atoms with Crippen molar-refractivity contribution in [2.24, 2.45) is 5.92 Å². The van der Waals surface area contributed by atoms with E-state index in [0.29, 0.717) is 31.6 Å². The molecule has 3 saturated heterocycles. The Morgan fingerprint density at radius 3 is 2.62 bits per heavy atom. The van der Waals surface area contributed by atoms with Gasteiger partial charge >= 0.3 is 5.69 Å². The molecular weight excluding hydrogens is 386 g/mol. The highest BCUT2D eigenvalue weighted by molar-refractivity contribution is 5.11. The Labute approximate surface area is 167 Å². The van der Waals surface area contributed by atoms with Crippen molar-refractivity contribution in [3.8, 4) is 0 Å². The number of nitrogens with zero attached hydrogens (tertiary/aromatic N) is 2. The maximum atomic E-state index is 12.5. The third-order valence-electron chi connectivity index (χ3n) is 5.85. The van der Waals surface area contributed by atoms with Gasteiger partial charge in [-0.25, -0.2) is 14.5 Å². The molecule has 0 aliphatic carbocycles. The summed E-state index contributed by atoms with van der Waals surface area (Å²) in [6.07, 6.45) is -0.334. The average Bonchev–Trinajstić information content (AvgIpc) is 3.20. The summed E-state index contributed by atoms with van der Waals surface area (Å²) in [6, 6.07) is 0. The molecular formula is C18H27N3O8. The van der Waals surface area contributed by atoms with Crippen LogP contribution in [0.15, 0.2) is 15.8 Å². The van der Waals surface area contributed by atoms with Gasteiger partial charge in [0, 0.05) is 43.7 Å². The Bertz CT molecular complexity index is 856. The van der Waals surface area contributed by atoms with Crippen molar-refractivity contribution in [3.63, 3.8) is 0 Å². The van der Waals surface area contributed by atoms with Crippen molar-refractivity contribution in [2.75, 3.05) is 19.8 Å². The first-order valence-electron chi connectivity index (χ1n) is 9.89. The van der Waals surface area contributed by atoms with Crippen molar-refractivity contribution >= 4 is 0 Å². The standard InChI is InChI=1S/C18H27N3O8/c1-4-25-13-6-11-16(20-8-10(3)15(23)19-17(20)24)27-12(9-22)18(11)7-14(26-5-2)29-21(18)28-13/h8,11-14,16,22H,4-7,9H2,1-3H3,(H,19,23,24)/t11-,12+,13+,14-,16+,18-/m0/s1. The maximum Gasteiger partial charge on any atom is 0.330 e. The van der Waals surface area contributed by atoms with Crippen LogP contribution in [0.25, 0.3) is 0 Å². The van der Waals surface area contributed by atoms with Gasteiger partial charge in [0.05, 0.1) is 6.61 Å². The van der Waals surface area contributed by atoms with Crippen LogP contribution in [-0.2, 0) is 23.9 Å². The molecule has 0 saturated carbocycles. The molecule has 6 atom stereocenters. The molecule has 11 heteroatoms. The summed E-state index contributed by atoms with van der Waals surface area (Å²) < 4.78 is 18.8. The zero-order chi connectivity index (χ0) is 20.8. The number of H-pyrrole nitrogens is 1. The van der Waals surface area contributed by atoms with Crippen LogP contribution in [0.1, 0.15) is 38.5 Å². The molecule has 162 valence electrons. The minimum atomic E-state index is -0.865. The van der Waals surface area contributed by atoms with E-state index < -0.39 is 41.7 Å². The van der Waals surface area contributed by atoms with Gasteiger partial charge in [0.15, 0.2) is 12.6 Å². The second-order valence-electron chi connectivity index (χ2n) is 7.45. The molecule has 11 nitrogen and oxygen atoms in total. The normalized spacial score (nSPS) is 36.9. The van der Waals surface area contributed by atoms with Crippen LogP contribution in [-0.4, -0.2) is 63.9 Å². The predicted octanol–water partition coefficient (Wildman–Crippen LogP) is -0.212. The molecule has 3 aliphatic heterocycles. The largest absolute Gasteiger partial charge is 0.394 e. The van der Waals surface area contributed by atoms with Gasteiger partial charge < -0.3 is 19.3 Å². The first-order chi connectivity index (χ1) is 13.9. The molecule has 4 heterocycles. The average molecular weight is 413 g/mol. The topological polar surface area (TPSA) is 124 Å². The first-order valence-corrected chi connectivity index (χ1v) is 9.89. The monoisotopic (exact) mass is 413 g/mol. The van der Waals surface area contributed by atoms with Crippen LogP contribution in [0.2, 0.25) is 0 Å². The molecule has 0 amide bonds. The highest BCUT2D eigenvalue weighted by atomic mass is 17.0. The van der Waals surface area contributed by atoms with Crippen molar-refractivity contribution < 1.29 is 29.0 Å². The molecule has 0 bridgehead atoms. The zero-order valence-corrected chi connectivity index (χ0v) is 16.7. The lowest BCUT2D eigenvalue weighted by atomic mass is 9.76. The molecule has 29 heavy (non-hydrogen) atoms. The number of aliphatic hydroxyl groups excluding tert-OH is 1. The number of aliphatic hydroxyl groups is 1.